The second-order valence-corrected chi connectivity index (χ2v) is 3.86. The van der Waals surface area contributed by atoms with Crippen LogP contribution < -0.4 is 15.0 Å². The van der Waals surface area contributed by atoms with Crippen molar-refractivity contribution in [2.24, 2.45) is 0 Å². The first kappa shape index (κ1) is 11.9. The Morgan fingerprint density at radius 2 is 2.35 bits per heavy atom. The highest BCUT2D eigenvalue weighted by Gasteiger charge is 2.25. The highest BCUT2D eigenvalue weighted by Crippen LogP contribution is 2.32. The summed E-state index contributed by atoms with van der Waals surface area (Å²) in [6.45, 7) is 1.07. The minimum Gasteiger partial charge on any atom is -0.482 e. The van der Waals surface area contributed by atoms with E-state index in [0.29, 0.717) is 0 Å². The second kappa shape index (κ2) is 5.16. The molecule has 5 nitrogen and oxygen atoms in total. The van der Waals surface area contributed by atoms with E-state index in [1.165, 1.54) is 0 Å². The average molecular weight is 236 g/mol. The van der Waals surface area contributed by atoms with Crippen molar-refractivity contribution >= 4 is 11.6 Å². The van der Waals surface area contributed by atoms with Crippen molar-refractivity contribution < 1.29 is 14.3 Å². The van der Waals surface area contributed by atoms with Crippen molar-refractivity contribution in [1.82, 2.24) is 5.32 Å². The topological polar surface area (TPSA) is 50.8 Å². The van der Waals surface area contributed by atoms with E-state index in [-0.39, 0.29) is 19.2 Å². The number of anilines is 1. The van der Waals surface area contributed by atoms with Gasteiger partial charge in [-0.25, -0.2) is 0 Å². The lowest BCUT2D eigenvalue weighted by Gasteiger charge is -2.29. The van der Waals surface area contributed by atoms with Gasteiger partial charge in [-0.2, -0.15) is 0 Å². The summed E-state index contributed by atoms with van der Waals surface area (Å²) >= 11 is 0. The number of benzene rings is 1. The maximum Gasteiger partial charge on any atom is 0.266 e. The Hall–Kier alpha value is -1.59. The van der Waals surface area contributed by atoms with Gasteiger partial charge in [0.05, 0.1) is 5.69 Å². The highest BCUT2D eigenvalue weighted by molar-refractivity contribution is 5.97. The molecule has 1 aromatic rings. The highest BCUT2D eigenvalue weighted by atomic mass is 16.5. The Morgan fingerprint density at radius 1 is 1.53 bits per heavy atom. The lowest BCUT2D eigenvalue weighted by Crippen LogP contribution is -2.40. The SMILES string of the molecule is CNCc1ccc2c(c1)N(COC)C(=O)CO2. The number of rotatable bonds is 4. The number of ether oxygens (including phenoxy) is 2. The fourth-order valence-electron chi connectivity index (χ4n) is 1.83. The summed E-state index contributed by atoms with van der Waals surface area (Å²) in [4.78, 5) is 13.3. The lowest BCUT2D eigenvalue weighted by molar-refractivity contribution is -0.122. The quantitative estimate of drug-likeness (QED) is 0.837. The molecule has 0 spiro atoms. The molecule has 0 aromatic heterocycles. The van der Waals surface area contributed by atoms with E-state index >= 15 is 0 Å². The first-order chi connectivity index (χ1) is 8.26. The molecular formula is C12H16N2O3. The zero-order valence-electron chi connectivity index (χ0n) is 10.0. The Kier molecular flexibility index (Phi) is 3.61. The van der Waals surface area contributed by atoms with Gasteiger partial charge in [0.2, 0.25) is 0 Å². The molecule has 1 aliphatic rings. The van der Waals surface area contributed by atoms with Crippen LogP contribution in [-0.2, 0) is 16.1 Å². The van der Waals surface area contributed by atoms with Crippen molar-refractivity contribution in [3.63, 3.8) is 0 Å². The van der Waals surface area contributed by atoms with E-state index in [4.69, 9.17) is 9.47 Å². The number of hydrogen-bond donors (Lipinski definition) is 1. The molecule has 0 aliphatic carbocycles. The zero-order chi connectivity index (χ0) is 12.3. The third-order valence-electron chi connectivity index (χ3n) is 2.61. The third kappa shape index (κ3) is 2.40. The van der Waals surface area contributed by atoms with Crippen LogP contribution >= 0.6 is 0 Å². The van der Waals surface area contributed by atoms with Crippen LogP contribution in [0.25, 0.3) is 0 Å². The average Bonchev–Trinajstić information content (AvgIpc) is 2.33. The molecule has 2 rings (SSSR count). The number of methoxy groups -OCH3 is 1. The van der Waals surface area contributed by atoms with Gasteiger partial charge in [-0.3, -0.25) is 9.69 Å². The number of nitrogens with one attached hydrogen (secondary N) is 1. The van der Waals surface area contributed by atoms with Crippen LogP contribution in [0.4, 0.5) is 5.69 Å². The maximum absolute atomic E-state index is 11.7. The van der Waals surface area contributed by atoms with E-state index in [0.717, 1.165) is 23.5 Å². The minimum absolute atomic E-state index is 0.0712. The molecule has 0 unspecified atom stereocenters. The molecule has 17 heavy (non-hydrogen) atoms. The molecule has 1 heterocycles. The standard InChI is InChI=1S/C12H16N2O3/c1-13-6-9-3-4-11-10(5-9)14(8-16-2)12(15)7-17-11/h3-5,13H,6-8H2,1-2H3. The number of nitrogens with zero attached hydrogens (tertiary/aromatic N) is 1. The van der Waals surface area contributed by atoms with Crippen LogP contribution in [0.1, 0.15) is 5.56 Å². The van der Waals surface area contributed by atoms with Gasteiger partial charge in [-0.05, 0) is 24.7 Å². The number of amides is 1. The number of fused-ring (bicyclic) bond motifs is 1. The van der Waals surface area contributed by atoms with Gasteiger partial charge in [0.25, 0.3) is 5.91 Å². The van der Waals surface area contributed by atoms with Crippen LogP contribution in [0, 0.1) is 0 Å². The summed E-state index contributed by atoms with van der Waals surface area (Å²) < 4.78 is 10.4. The van der Waals surface area contributed by atoms with E-state index in [1.807, 2.05) is 25.2 Å². The molecule has 92 valence electrons. The van der Waals surface area contributed by atoms with Crippen LogP contribution in [0.3, 0.4) is 0 Å². The molecule has 1 amide bonds. The van der Waals surface area contributed by atoms with E-state index < -0.39 is 0 Å². The number of carbonyl (C=O) groups excluding carboxylic acids is 1. The molecule has 5 heteroatoms. The smallest absolute Gasteiger partial charge is 0.266 e. The van der Waals surface area contributed by atoms with Gasteiger partial charge in [-0.15, -0.1) is 0 Å². The fraction of sp³-hybridized carbons (Fsp3) is 0.417. The number of carbonyl (C=O) groups is 1. The van der Waals surface area contributed by atoms with Crippen molar-refractivity contribution in [2.75, 3.05) is 32.4 Å². The van der Waals surface area contributed by atoms with Crippen LogP contribution in [0.5, 0.6) is 5.75 Å². The molecule has 0 saturated carbocycles. The fourth-order valence-corrected chi connectivity index (χ4v) is 1.83. The zero-order valence-corrected chi connectivity index (χ0v) is 10.0. The summed E-state index contributed by atoms with van der Waals surface area (Å²) in [6.07, 6.45) is 0. The molecule has 0 atom stereocenters. The number of hydrogen-bond acceptors (Lipinski definition) is 4. The van der Waals surface area contributed by atoms with Crippen molar-refractivity contribution in [1.29, 1.82) is 0 Å². The van der Waals surface area contributed by atoms with Gasteiger partial charge in [-0.1, -0.05) is 6.07 Å². The summed E-state index contributed by atoms with van der Waals surface area (Å²) in [5.74, 6) is 0.641. The second-order valence-electron chi connectivity index (χ2n) is 3.86. The van der Waals surface area contributed by atoms with Gasteiger partial charge in [0, 0.05) is 13.7 Å². The van der Waals surface area contributed by atoms with E-state index in [9.17, 15) is 4.79 Å². The van der Waals surface area contributed by atoms with E-state index in [2.05, 4.69) is 5.32 Å². The van der Waals surface area contributed by atoms with Gasteiger partial charge in [0.15, 0.2) is 6.61 Å². The molecule has 0 fully saturated rings. The van der Waals surface area contributed by atoms with Gasteiger partial charge >= 0.3 is 0 Å². The Bertz CT molecular complexity index is 420. The maximum atomic E-state index is 11.7. The summed E-state index contributed by atoms with van der Waals surface area (Å²) in [5.41, 5.74) is 1.88. The van der Waals surface area contributed by atoms with Crippen molar-refractivity contribution in [3.8, 4) is 5.75 Å². The van der Waals surface area contributed by atoms with Crippen LogP contribution in [0.2, 0.25) is 0 Å². The van der Waals surface area contributed by atoms with Crippen molar-refractivity contribution in [2.45, 2.75) is 6.54 Å². The summed E-state index contributed by atoms with van der Waals surface area (Å²) in [6, 6.07) is 5.81. The summed E-state index contributed by atoms with van der Waals surface area (Å²) in [7, 11) is 3.45. The molecule has 0 radical (unpaired) electrons. The van der Waals surface area contributed by atoms with Crippen LogP contribution in [-0.4, -0.2) is 33.4 Å². The van der Waals surface area contributed by atoms with Gasteiger partial charge in [0.1, 0.15) is 12.5 Å². The minimum atomic E-state index is -0.0824. The first-order valence-corrected chi connectivity index (χ1v) is 5.46. The largest absolute Gasteiger partial charge is 0.482 e. The molecule has 0 saturated heterocycles. The molecular weight excluding hydrogens is 220 g/mol. The van der Waals surface area contributed by atoms with E-state index in [1.54, 1.807) is 12.0 Å². The monoisotopic (exact) mass is 236 g/mol. The normalized spacial score (nSPS) is 14.5. The Morgan fingerprint density at radius 3 is 3.06 bits per heavy atom. The predicted molar refractivity (Wildman–Crippen MR) is 64.1 cm³/mol. The Labute approximate surface area is 100 Å². The van der Waals surface area contributed by atoms with Crippen LogP contribution in [0.15, 0.2) is 18.2 Å². The molecule has 0 bridgehead atoms. The molecule has 1 aromatic carbocycles. The van der Waals surface area contributed by atoms with Gasteiger partial charge < -0.3 is 14.8 Å². The first-order valence-electron chi connectivity index (χ1n) is 5.46. The third-order valence-corrected chi connectivity index (χ3v) is 2.61. The predicted octanol–water partition coefficient (Wildman–Crippen LogP) is 0.735. The summed E-state index contributed by atoms with van der Waals surface area (Å²) in [5, 5.41) is 3.07. The molecule has 1 N–H and O–H groups in total. The lowest BCUT2D eigenvalue weighted by atomic mass is 10.1. The Balaban J connectivity index is 2.34. The van der Waals surface area contributed by atoms with Crippen molar-refractivity contribution in [3.05, 3.63) is 23.8 Å². The molecule has 1 aliphatic heterocycles.